The fraction of sp³-hybridized carbons (Fsp3) is 0. The molecule has 1 aromatic carbocycles. The zero-order valence-corrected chi connectivity index (χ0v) is 17.4. The second-order valence-corrected chi connectivity index (χ2v) is 7.55. The van der Waals surface area contributed by atoms with E-state index in [1.54, 1.807) is 17.6 Å². The third kappa shape index (κ3) is 3.99. The molecule has 0 amide bonds. The van der Waals surface area contributed by atoms with Crippen molar-refractivity contribution in [2.45, 2.75) is 0 Å². The first-order chi connectivity index (χ1) is 14.9. The minimum absolute atomic E-state index is 0.0212. The number of rotatable bonds is 4. The quantitative estimate of drug-likeness (QED) is 0.479. The van der Waals surface area contributed by atoms with E-state index in [1.807, 2.05) is 4.98 Å². The van der Waals surface area contributed by atoms with Crippen molar-refractivity contribution in [3.05, 3.63) is 89.0 Å². The van der Waals surface area contributed by atoms with E-state index in [0.29, 0.717) is 5.13 Å². The Bertz CT molecular complexity index is 1490. The average molecular weight is 475 g/mol. The van der Waals surface area contributed by atoms with Crippen LogP contribution in [0.15, 0.2) is 56.4 Å². The van der Waals surface area contributed by atoms with Crippen LogP contribution in [0.5, 0.6) is 11.5 Å². The van der Waals surface area contributed by atoms with Crippen molar-refractivity contribution in [1.82, 2.24) is 24.3 Å². The molecule has 0 fully saturated rings. The molecule has 0 bridgehead atoms. The Balaban J connectivity index is 1.74. The lowest BCUT2D eigenvalue weighted by atomic mass is 10.3. The van der Waals surface area contributed by atoms with E-state index in [-0.39, 0.29) is 32.8 Å². The van der Waals surface area contributed by atoms with Crippen LogP contribution >= 0.6 is 34.5 Å². The summed E-state index contributed by atoms with van der Waals surface area (Å²) < 4.78 is 7.84. The normalized spacial score (nSPS) is 10.6. The predicted octanol–water partition coefficient (Wildman–Crippen LogP) is 2.50. The van der Waals surface area contributed by atoms with Crippen LogP contribution in [0.4, 0.5) is 0 Å². The van der Waals surface area contributed by atoms with E-state index < -0.39 is 16.9 Å². The number of nitrogens with zero attached hydrogens (tertiary/aromatic N) is 5. The highest BCUT2D eigenvalue weighted by Crippen LogP contribution is 2.38. The lowest BCUT2D eigenvalue weighted by Crippen LogP contribution is -2.33. The Hall–Kier alpha value is -3.72. The number of benzene rings is 1. The highest BCUT2D eigenvalue weighted by atomic mass is 35.5. The molecule has 0 spiro atoms. The van der Waals surface area contributed by atoms with E-state index in [4.69, 9.17) is 33.2 Å². The standard InChI is InChI=1S/C18H8Cl2N6O4S/c19-11-5-9(26-17(29)23-16(28)13(7-21)24-26)6-12(20)15(11)30-10-1-2-14(27)25(8-10)18-22-3-4-31-18/h1-6,8H,(H,23,28,29). The molecule has 0 aliphatic carbocycles. The Morgan fingerprint density at radius 3 is 2.55 bits per heavy atom. The van der Waals surface area contributed by atoms with Crippen molar-refractivity contribution in [3.8, 4) is 28.4 Å². The molecule has 0 aliphatic rings. The van der Waals surface area contributed by atoms with Gasteiger partial charge >= 0.3 is 5.69 Å². The summed E-state index contributed by atoms with van der Waals surface area (Å²) in [4.78, 5) is 41.8. The summed E-state index contributed by atoms with van der Waals surface area (Å²) in [5, 5.41) is 14.9. The molecule has 0 saturated carbocycles. The van der Waals surface area contributed by atoms with Gasteiger partial charge in [0.25, 0.3) is 11.1 Å². The molecular formula is C18H8Cl2N6O4S. The van der Waals surface area contributed by atoms with Gasteiger partial charge in [-0.2, -0.15) is 9.94 Å². The SMILES string of the molecule is N#Cc1nn(-c2cc(Cl)c(Oc3ccc(=O)n(-c4nccs4)c3)c(Cl)c2)c(=O)[nH]c1=O. The maximum Gasteiger partial charge on any atom is 0.349 e. The van der Waals surface area contributed by atoms with Crippen LogP contribution < -0.4 is 21.5 Å². The molecule has 3 aromatic heterocycles. The number of nitriles is 1. The van der Waals surface area contributed by atoms with Crippen molar-refractivity contribution in [2.75, 3.05) is 0 Å². The van der Waals surface area contributed by atoms with Gasteiger partial charge in [-0.05, 0) is 18.2 Å². The number of hydrogen-bond acceptors (Lipinski definition) is 8. The number of halogens is 2. The van der Waals surface area contributed by atoms with Crippen molar-refractivity contribution in [1.29, 1.82) is 5.26 Å². The molecule has 10 nitrogen and oxygen atoms in total. The summed E-state index contributed by atoms with van der Waals surface area (Å²) >= 11 is 13.9. The molecule has 0 saturated heterocycles. The van der Waals surface area contributed by atoms with Crippen LogP contribution in [0.1, 0.15) is 5.69 Å². The monoisotopic (exact) mass is 474 g/mol. The Kier molecular flexibility index (Phi) is 5.43. The number of thiazole rings is 1. The van der Waals surface area contributed by atoms with Crippen LogP contribution in [-0.4, -0.2) is 24.3 Å². The number of hydrogen-bond donors (Lipinski definition) is 1. The van der Waals surface area contributed by atoms with Gasteiger partial charge in [-0.25, -0.2) is 9.78 Å². The van der Waals surface area contributed by atoms with Gasteiger partial charge in [0, 0.05) is 17.6 Å². The van der Waals surface area contributed by atoms with Crippen molar-refractivity contribution in [2.24, 2.45) is 0 Å². The Morgan fingerprint density at radius 2 is 1.90 bits per heavy atom. The van der Waals surface area contributed by atoms with Crippen LogP contribution in [0.2, 0.25) is 10.0 Å². The first kappa shape index (κ1) is 20.5. The Morgan fingerprint density at radius 1 is 1.16 bits per heavy atom. The van der Waals surface area contributed by atoms with Gasteiger partial charge in [0.1, 0.15) is 11.8 Å². The van der Waals surface area contributed by atoms with Crippen LogP contribution in [0.25, 0.3) is 10.8 Å². The predicted molar refractivity (Wildman–Crippen MR) is 113 cm³/mol. The topological polar surface area (TPSA) is 136 Å². The number of aromatic nitrogens is 5. The minimum Gasteiger partial charge on any atom is -0.453 e. The third-order valence-corrected chi connectivity index (χ3v) is 5.22. The van der Waals surface area contributed by atoms with Gasteiger partial charge in [0.05, 0.1) is 21.9 Å². The zero-order chi connectivity index (χ0) is 22.1. The number of ether oxygens (including phenoxy) is 1. The molecule has 0 atom stereocenters. The number of aromatic amines is 1. The summed E-state index contributed by atoms with van der Waals surface area (Å²) in [6.07, 6.45) is 3.01. The van der Waals surface area contributed by atoms with Crippen molar-refractivity contribution >= 4 is 34.5 Å². The average Bonchev–Trinajstić information content (AvgIpc) is 3.26. The summed E-state index contributed by atoms with van der Waals surface area (Å²) in [7, 11) is 0. The van der Waals surface area contributed by atoms with Crippen LogP contribution in [0.3, 0.4) is 0 Å². The molecule has 4 aromatic rings. The summed E-state index contributed by atoms with van der Waals surface area (Å²) in [6, 6.07) is 6.99. The molecule has 13 heteroatoms. The number of H-pyrrole nitrogens is 1. The summed E-state index contributed by atoms with van der Waals surface area (Å²) in [5.74, 6) is 0.326. The van der Waals surface area contributed by atoms with Crippen LogP contribution in [0, 0.1) is 11.3 Å². The molecular weight excluding hydrogens is 467 g/mol. The van der Waals surface area contributed by atoms with Gasteiger partial charge in [-0.15, -0.1) is 16.4 Å². The summed E-state index contributed by atoms with van der Waals surface area (Å²) in [5.41, 5.74) is -2.48. The van der Waals surface area contributed by atoms with Gasteiger partial charge in [0.2, 0.25) is 5.69 Å². The first-order valence-electron chi connectivity index (χ1n) is 8.31. The maximum atomic E-state index is 12.1. The van der Waals surface area contributed by atoms with Crippen LogP contribution in [-0.2, 0) is 0 Å². The minimum atomic E-state index is -0.906. The molecule has 1 N–H and O–H groups in total. The van der Waals surface area contributed by atoms with Gasteiger partial charge < -0.3 is 4.74 Å². The molecule has 31 heavy (non-hydrogen) atoms. The second kappa shape index (κ2) is 8.19. The van der Waals surface area contributed by atoms with Gasteiger partial charge in [-0.1, -0.05) is 23.2 Å². The zero-order valence-electron chi connectivity index (χ0n) is 15.1. The molecule has 0 aliphatic heterocycles. The highest BCUT2D eigenvalue weighted by Gasteiger charge is 2.16. The smallest absolute Gasteiger partial charge is 0.349 e. The van der Waals surface area contributed by atoms with Crippen molar-refractivity contribution < 1.29 is 4.74 Å². The van der Waals surface area contributed by atoms with Gasteiger partial charge in [0.15, 0.2) is 10.9 Å². The first-order valence-corrected chi connectivity index (χ1v) is 9.94. The lowest BCUT2D eigenvalue weighted by Gasteiger charge is -2.13. The molecule has 0 unspecified atom stereocenters. The lowest BCUT2D eigenvalue weighted by molar-refractivity contribution is 0.478. The number of pyridine rings is 1. The fourth-order valence-corrected chi connectivity index (χ4v) is 3.72. The maximum absolute atomic E-state index is 12.1. The number of nitrogens with one attached hydrogen (secondary N) is 1. The highest BCUT2D eigenvalue weighted by molar-refractivity contribution is 7.12. The second-order valence-electron chi connectivity index (χ2n) is 5.86. The van der Waals surface area contributed by atoms with Crippen molar-refractivity contribution in [3.63, 3.8) is 0 Å². The molecule has 0 radical (unpaired) electrons. The van der Waals surface area contributed by atoms with E-state index in [9.17, 15) is 14.4 Å². The van der Waals surface area contributed by atoms with E-state index in [1.165, 1.54) is 46.4 Å². The largest absolute Gasteiger partial charge is 0.453 e. The fourth-order valence-electron chi connectivity index (χ4n) is 2.54. The Labute approximate surface area is 186 Å². The molecule has 154 valence electrons. The summed E-state index contributed by atoms with van der Waals surface area (Å²) in [6.45, 7) is 0. The third-order valence-electron chi connectivity index (χ3n) is 3.89. The molecule has 3 heterocycles. The van der Waals surface area contributed by atoms with E-state index in [0.717, 1.165) is 4.68 Å². The van der Waals surface area contributed by atoms with E-state index in [2.05, 4.69) is 10.1 Å². The van der Waals surface area contributed by atoms with E-state index >= 15 is 0 Å². The molecule has 4 rings (SSSR count). The van der Waals surface area contributed by atoms with Gasteiger partial charge in [-0.3, -0.25) is 19.1 Å².